The van der Waals surface area contributed by atoms with E-state index in [0.29, 0.717) is 0 Å². The monoisotopic (exact) mass is 234 g/mol. The molecule has 0 aliphatic carbocycles. The molecule has 1 N–H and O–H groups in total. The maximum atomic E-state index is 3.47. The van der Waals surface area contributed by atoms with Crippen molar-refractivity contribution in [2.75, 3.05) is 31.6 Å². The van der Waals surface area contributed by atoms with Gasteiger partial charge in [0.05, 0.1) is 0 Å². The Morgan fingerprint density at radius 1 is 1.12 bits per heavy atom. The number of nitrogens with one attached hydrogen (secondary N) is 1. The van der Waals surface area contributed by atoms with Crippen LogP contribution in [0, 0.1) is 19.8 Å². The van der Waals surface area contributed by atoms with E-state index in [1.165, 1.54) is 16.8 Å². The molecule has 0 radical (unpaired) electrons. The first-order valence-electron chi connectivity index (χ1n) is 6.49. The van der Waals surface area contributed by atoms with Gasteiger partial charge in [-0.3, -0.25) is 0 Å². The third kappa shape index (κ3) is 5.22. The minimum absolute atomic E-state index is 0.724. The number of aryl methyl sites for hydroxylation is 2. The minimum Gasteiger partial charge on any atom is -0.373 e. The van der Waals surface area contributed by atoms with Crippen LogP contribution in [-0.2, 0) is 0 Å². The fourth-order valence-electron chi connectivity index (χ4n) is 1.94. The zero-order chi connectivity index (χ0) is 12.8. The van der Waals surface area contributed by atoms with Gasteiger partial charge in [-0.1, -0.05) is 19.9 Å². The van der Waals surface area contributed by atoms with Crippen molar-refractivity contribution >= 4 is 5.69 Å². The zero-order valence-corrected chi connectivity index (χ0v) is 11.9. The first-order chi connectivity index (χ1) is 7.99. The van der Waals surface area contributed by atoms with Crippen LogP contribution < -0.4 is 10.2 Å². The first kappa shape index (κ1) is 14.0. The lowest BCUT2D eigenvalue weighted by molar-refractivity contribution is 0.554. The molecule has 0 saturated heterocycles. The van der Waals surface area contributed by atoms with E-state index in [-0.39, 0.29) is 0 Å². The van der Waals surface area contributed by atoms with Gasteiger partial charge in [-0.05, 0) is 49.6 Å². The molecule has 0 aromatic heterocycles. The summed E-state index contributed by atoms with van der Waals surface area (Å²) in [5, 5.41) is 3.47. The first-order valence-corrected chi connectivity index (χ1v) is 6.49. The second kappa shape index (κ2) is 6.65. The van der Waals surface area contributed by atoms with Crippen molar-refractivity contribution in [1.29, 1.82) is 0 Å². The van der Waals surface area contributed by atoms with E-state index >= 15 is 0 Å². The van der Waals surface area contributed by atoms with Gasteiger partial charge in [0.1, 0.15) is 0 Å². The van der Waals surface area contributed by atoms with Crippen LogP contribution in [0.25, 0.3) is 0 Å². The summed E-state index contributed by atoms with van der Waals surface area (Å²) in [6, 6.07) is 6.71. The number of hydrogen-bond donors (Lipinski definition) is 1. The second-order valence-corrected chi connectivity index (χ2v) is 5.37. The summed E-state index contributed by atoms with van der Waals surface area (Å²) in [5.74, 6) is 0.724. The number of anilines is 1. The summed E-state index contributed by atoms with van der Waals surface area (Å²) in [7, 11) is 2.16. The predicted octanol–water partition coefficient (Wildman–Crippen LogP) is 2.99. The van der Waals surface area contributed by atoms with Crippen molar-refractivity contribution in [3.63, 3.8) is 0 Å². The average Bonchev–Trinajstić information content (AvgIpc) is 2.22. The van der Waals surface area contributed by atoms with Crippen LogP contribution in [0.4, 0.5) is 5.69 Å². The molecular formula is C15H26N2. The van der Waals surface area contributed by atoms with E-state index in [1.54, 1.807) is 0 Å². The van der Waals surface area contributed by atoms with E-state index in [0.717, 1.165) is 25.6 Å². The molecule has 0 spiro atoms. The van der Waals surface area contributed by atoms with Gasteiger partial charge in [0, 0.05) is 25.8 Å². The number of nitrogens with zero attached hydrogens (tertiary/aromatic N) is 1. The Morgan fingerprint density at radius 3 is 2.24 bits per heavy atom. The van der Waals surface area contributed by atoms with E-state index < -0.39 is 0 Å². The van der Waals surface area contributed by atoms with Crippen LogP contribution in [0.15, 0.2) is 18.2 Å². The molecule has 0 atom stereocenters. The van der Waals surface area contributed by atoms with E-state index in [9.17, 15) is 0 Å². The van der Waals surface area contributed by atoms with E-state index in [2.05, 4.69) is 63.2 Å². The van der Waals surface area contributed by atoms with Gasteiger partial charge in [-0.2, -0.15) is 0 Å². The molecule has 1 aromatic rings. The summed E-state index contributed by atoms with van der Waals surface area (Å²) in [4.78, 5) is 2.31. The summed E-state index contributed by atoms with van der Waals surface area (Å²) < 4.78 is 0. The topological polar surface area (TPSA) is 15.3 Å². The van der Waals surface area contributed by atoms with Crippen molar-refractivity contribution in [2.45, 2.75) is 27.7 Å². The Hall–Kier alpha value is -1.02. The van der Waals surface area contributed by atoms with Gasteiger partial charge in [-0.25, -0.2) is 0 Å². The number of hydrogen-bond acceptors (Lipinski definition) is 2. The average molecular weight is 234 g/mol. The van der Waals surface area contributed by atoms with Gasteiger partial charge in [0.15, 0.2) is 0 Å². The highest BCUT2D eigenvalue weighted by Crippen LogP contribution is 2.16. The van der Waals surface area contributed by atoms with E-state index in [4.69, 9.17) is 0 Å². The summed E-state index contributed by atoms with van der Waals surface area (Å²) in [6.07, 6.45) is 0. The lowest BCUT2D eigenvalue weighted by atomic mass is 10.1. The summed E-state index contributed by atoms with van der Waals surface area (Å²) in [6.45, 7) is 12.0. The fraction of sp³-hybridized carbons (Fsp3) is 0.600. The molecule has 0 aliphatic rings. The standard InChI is InChI=1S/C15H26N2/c1-12(2)11-16-6-7-17(5)15-9-13(3)8-14(4)10-15/h8-10,12,16H,6-7,11H2,1-5H3. The second-order valence-electron chi connectivity index (χ2n) is 5.37. The minimum atomic E-state index is 0.724. The van der Waals surface area contributed by atoms with Crippen LogP contribution in [0.1, 0.15) is 25.0 Å². The highest BCUT2D eigenvalue weighted by atomic mass is 15.1. The SMILES string of the molecule is Cc1cc(C)cc(N(C)CCNCC(C)C)c1. The van der Waals surface area contributed by atoms with Crippen molar-refractivity contribution in [3.8, 4) is 0 Å². The lowest BCUT2D eigenvalue weighted by Crippen LogP contribution is -2.31. The number of benzene rings is 1. The number of rotatable bonds is 6. The molecule has 96 valence electrons. The molecule has 1 rings (SSSR count). The van der Waals surface area contributed by atoms with Gasteiger partial charge in [-0.15, -0.1) is 0 Å². The van der Waals surface area contributed by atoms with E-state index in [1.807, 2.05) is 0 Å². The smallest absolute Gasteiger partial charge is 0.0369 e. The molecule has 0 amide bonds. The maximum absolute atomic E-state index is 3.47. The largest absolute Gasteiger partial charge is 0.373 e. The normalized spacial score (nSPS) is 10.9. The van der Waals surface area contributed by atoms with Crippen LogP contribution in [-0.4, -0.2) is 26.7 Å². The Bertz CT molecular complexity index is 325. The summed E-state index contributed by atoms with van der Waals surface area (Å²) >= 11 is 0. The Labute approximate surface area is 106 Å². The molecule has 0 unspecified atom stereocenters. The Balaban J connectivity index is 2.43. The molecule has 0 bridgehead atoms. The van der Waals surface area contributed by atoms with Gasteiger partial charge in [0.2, 0.25) is 0 Å². The molecule has 0 aliphatic heterocycles. The van der Waals surface area contributed by atoms with Crippen molar-refractivity contribution in [2.24, 2.45) is 5.92 Å². The molecule has 1 aromatic carbocycles. The third-order valence-corrected chi connectivity index (χ3v) is 2.82. The molecular weight excluding hydrogens is 208 g/mol. The molecule has 2 heteroatoms. The third-order valence-electron chi connectivity index (χ3n) is 2.82. The van der Waals surface area contributed by atoms with Gasteiger partial charge < -0.3 is 10.2 Å². The Morgan fingerprint density at radius 2 is 1.71 bits per heavy atom. The zero-order valence-electron chi connectivity index (χ0n) is 11.9. The fourth-order valence-corrected chi connectivity index (χ4v) is 1.94. The molecule has 17 heavy (non-hydrogen) atoms. The number of likely N-dealkylation sites (N-methyl/N-ethyl adjacent to an activating group) is 1. The van der Waals surface area contributed by atoms with Crippen molar-refractivity contribution < 1.29 is 0 Å². The van der Waals surface area contributed by atoms with Crippen LogP contribution in [0.3, 0.4) is 0 Å². The molecule has 0 heterocycles. The van der Waals surface area contributed by atoms with Gasteiger partial charge >= 0.3 is 0 Å². The molecule has 0 saturated carbocycles. The van der Waals surface area contributed by atoms with Crippen LogP contribution in [0.5, 0.6) is 0 Å². The highest BCUT2D eigenvalue weighted by Gasteiger charge is 2.02. The molecule has 2 nitrogen and oxygen atoms in total. The maximum Gasteiger partial charge on any atom is 0.0369 e. The van der Waals surface area contributed by atoms with Crippen LogP contribution >= 0.6 is 0 Å². The van der Waals surface area contributed by atoms with Crippen LogP contribution in [0.2, 0.25) is 0 Å². The summed E-state index contributed by atoms with van der Waals surface area (Å²) in [5.41, 5.74) is 3.98. The lowest BCUT2D eigenvalue weighted by Gasteiger charge is -2.21. The quantitative estimate of drug-likeness (QED) is 0.761. The predicted molar refractivity (Wildman–Crippen MR) is 76.9 cm³/mol. The Kier molecular flexibility index (Phi) is 5.49. The highest BCUT2D eigenvalue weighted by molar-refractivity contribution is 5.50. The van der Waals surface area contributed by atoms with Crippen molar-refractivity contribution in [1.82, 2.24) is 5.32 Å². The van der Waals surface area contributed by atoms with Gasteiger partial charge in [0.25, 0.3) is 0 Å². The molecule has 0 fully saturated rings. The van der Waals surface area contributed by atoms with Crippen molar-refractivity contribution in [3.05, 3.63) is 29.3 Å².